The van der Waals surface area contributed by atoms with E-state index >= 15 is 0 Å². The van der Waals surface area contributed by atoms with Crippen molar-refractivity contribution in [1.29, 1.82) is 0 Å². The quantitative estimate of drug-likeness (QED) is 0.856. The van der Waals surface area contributed by atoms with E-state index < -0.39 is 5.97 Å². The number of carboxylic acids is 1. The number of aliphatic carboxylic acids is 1. The van der Waals surface area contributed by atoms with Crippen LogP contribution in [-0.4, -0.2) is 33.3 Å². The van der Waals surface area contributed by atoms with E-state index in [0.717, 1.165) is 15.9 Å². The zero-order valence-corrected chi connectivity index (χ0v) is 13.2. The van der Waals surface area contributed by atoms with Crippen LogP contribution in [0.15, 0.2) is 6.07 Å². The average molecular weight is 309 g/mol. The summed E-state index contributed by atoms with van der Waals surface area (Å²) in [7, 11) is 1.86. The number of aromatic nitrogens is 2. The summed E-state index contributed by atoms with van der Waals surface area (Å²) in [6.45, 7) is 4.34. The number of carbonyl (C=O) groups excluding carboxylic acids is 1. The van der Waals surface area contributed by atoms with Crippen LogP contribution < -0.4 is 5.32 Å². The van der Waals surface area contributed by atoms with Crippen molar-refractivity contribution in [1.82, 2.24) is 15.1 Å². The van der Waals surface area contributed by atoms with Crippen LogP contribution in [-0.2, 0) is 11.8 Å². The second kappa shape index (κ2) is 6.26. The molecule has 2 heterocycles. The van der Waals surface area contributed by atoms with Crippen molar-refractivity contribution in [2.75, 3.05) is 6.54 Å². The first-order chi connectivity index (χ1) is 9.88. The van der Waals surface area contributed by atoms with E-state index in [1.165, 1.54) is 11.3 Å². The third-order valence-electron chi connectivity index (χ3n) is 3.38. The highest BCUT2D eigenvalue weighted by atomic mass is 32.1. The van der Waals surface area contributed by atoms with Crippen molar-refractivity contribution in [3.8, 4) is 0 Å². The minimum absolute atomic E-state index is 0.113. The average Bonchev–Trinajstić information content (AvgIpc) is 2.96. The summed E-state index contributed by atoms with van der Waals surface area (Å²) < 4.78 is 1.78. The molecule has 7 heteroatoms. The van der Waals surface area contributed by atoms with Crippen LogP contribution in [0, 0.1) is 12.8 Å². The highest BCUT2D eigenvalue weighted by Gasteiger charge is 2.15. The van der Waals surface area contributed by atoms with Crippen LogP contribution >= 0.6 is 11.3 Å². The van der Waals surface area contributed by atoms with Crippen LogP contribution in [0.25, 0.3) is 10.2 Å². The lowest BCUT2D eigenvalue weighted by Crippen LogP contribution is -2.27. The summed E-state index contributed by atoms with van der Waals surface area (Å²) in [4.78, 5) is 24.3. The Balaban J connectivity index is 1.96. The maximum absolute atomic E-state index is 12.1. The monoisotopic (exact) mass is 309 g/mol. The summed E-state index contributed by atoms with van der Waals surface area (Å²) in [5.41, 5.74) is 0.914. The molecular formula is C14H19N3O3S. The molecule has 0 aliphatic carbocycles. The molecule has 1 amide bonds. The van der Waals surface area contributed by atoms with Crippen LogP contribution in [0.3, 0.4) is 0 Å². The summed E-state index contributed by atoms with van der Waals surface area (Å²) in [5, 5.41) is 16.8. The van der Waals surface area contributed by atoms with E-state index in [9.17, 15) is 9.59 Å². The zero-order chi connectivity index (χ0) is 15.6. The number of nitrogens with one attached hydrogen (secondary N) is 1. The largest absolute Gasteiger partial charge is 0.481 e. The van der Waals surface area contributed by atoms with E-state index in [1.807, 2.05) is 27.0 Å². The standard InChI is InChI=1S/C14H19N3O3S/c1-8(4-5-12(18)19)7-15-13(20)11-6-10-9(2)16-17(3)14(10)21-11/h6,8H,4-5,7H2,1-3H3,(H,15,20)(H,18,19). The Bertz CT molecular complexity index is 640. The number of nitrogens with zero attached hydrogens (tertiary/aromatic N) is 2. The molecule has 2 aromatic heterocycles. The second-order valence-electron chi connectivity index (χ2n) is 5.29. The van der Waals surface area contributed by atoms with E-state index in [4.69, 9.17) is 5.11 Å². The van der Waals surface area contributed by atoms with Gasteiger partial charge in [0.15, 0.2) is 0 Å². The Morgan fingerprint density at radius 1 is 1.52 bits per heavy atom. The summed E-state index contributed by atoms with van der Waals surface area (Å²) in [6.07, 6.45) is 0.690. The number of carboxylic acid groups (broad SMARTS) is 1. The number of aryl methyl sites for hydroxylation is 2. The SMILES string of the molecule is Cc1nn(C)c2sc(C(=O)NCC(C)CCC(=O)O)cc12. The summed E-state index contributed by atoms with van der Waals surface area (Å²) in [5.74, 6) is -0.777. The van der Waals surface area contributed by atoms with E-state index in [2.05, 4.69) is 10.4 Å². The molecule has 0 saturated heterocycles. The van der Waals surface area contributed by atoms with Gasteiger partial charge >= 0.3 is 5.97 Å². The molecule has 0 aromatic carbocycles. The smallest absolute Gasteiger partial charge is 0.303 e. The molecule has 2 N–H and O–H groups in total. The summed E-state index contributed by atoms with van der Waals surface area (Å²) >= 11 is 1.42. The number of amides is 1. The molecule has 0 aliphatic heterocycles. The van der Waals surface area contributed by atoms with Crippen molar-refractivity contribution in [3.63, 3.8) is 0 Å². The number of fused-ring (bicyclic) bond motifs is 1. The van der Waals surface area contributed by atoms with Crippen molar-refractivity contribution in [2.45, 2.75) is 26.7 Å². The van der Waals surface area contributed by atoms with Crippen molar-refractivity contribution in [3.05, 3.63) is 16.6 Å². The lowest BCUT2D eigenvalue weighted by atomic mass is 10.1. The Morgan fingerprint density at radius 3 is 2.86 bits per heavy atom. The fourth-order valence-electron chi connectivity index (χ4n) is 2.14. The third kappa shape index (κ3) is 3.60. The maximum Gasteiger partial charge on any atom is 0.303 e. The highest BCUT2D eigenvalue weighted by Crippen LogP contribution is 2.27. The van der Waals surface area contributed by atoms with Crippen LogP contribution in [0.2, 0.25) is 0 Å². The van der Waals surface area contributed by atoms with Gasteiger partial charge in [-0.25, -0.2) is 0 Å². The Labute approximate surface area is 126 Å². The molecule has 1 unspecified atom stereocenters. The Kier molecular flexibility index (Phi) is 4.62. The van der Waals surface area contributed by atoms with Gasteiger partial charge in [-0.15, -0.1) is 11.3 Å². The van der Waals surface area contributed by atoms with Gasteiger partial charge in [0.2, 0.25) is 0 Å². The predicted molar refractivity (Wildman–Crippen MR) is 81.7 cm³/mol. The van der Waals surface area contributed by atoms with Gasteiger partial charge in [-0.1, -0.05) is 6.92 Å². The molecule has 0 spiro atoms. The van der Waals surface area contributed by atoms with Gasteiger partial charge in [0, 0.05) is 25.4 Å². The van der Waals surface area contributed by atoms with Crippen LogP contribution in [0.4, 0.5) is 0 Å². The molecular weight excluding hydrogens is 290 g/mol. The van der Waals surface area contributed by atoms with Crippen molar-refractivity contribution < 1.29 is 14.7 Å². The van der Waals surface area contributed by atoms with Gasteiger partial charge in [0.1, 0.15) is 4.83 Å². The predicted octanol–water partition coefficient (Wildman–Crippen LogP) is 2.17. The molecule has 0 bridgehead atoms. The minimum atomic E-state index is -0.805. The van der Waals surface area contributed by atoms with Gasteiger partial charge in [-0.2, -0.15) is 5.10 Å². The molecule has 2 aromatic rings. The van der Waals surface area contributed by atoms with E-state index in [0.29, 0.717) is 17.8 Å². The molecule has 6 nitrogen and oxygen atoms in total. The molecule has 21 heavy (non-hydrogen) atoms. The van der Waals surface area contributed by atoms with Crippen LogP contribution in [0.5, 0.6) is 0 Å². The van der Waals surface area contributed by atoms with Crippen molar-refractivity contribution in [2.24, 2.45) is 13.0 Å². The Morgan fingerprint density at radius 2 is 2.24 bits per heavy atom. The second-order valence-corrected chi connectivity index (χ2v) is 6.32. The molecule has 0 saturated carbocycles. The third-order valence-corrected chi connectivity index (χ3v) is 4.58. The van der Waals surface area contributed by atoms with Gasteiger partial charge in [0.25, 0.3) is 5.91 Å². The van der Waals surface area contributed by atoms with Gasteiger partial charge in [0.05, 0.1) is 10.6 Å². The number of hydrogen-bond donors (Lipinski definition) is 2. The fourth-order valence-corrected chi connectivity index (χ4v) is 3.18. The highest BCUT2D eigenvalue weighted by molar-refractivity contribution is 7.20. The zero-order valence-electron chi connectivity index (χ0n) is 12.3. The molecule has 2 rings (SSSR count). The maximum atomic E-state index is 12.1. The van der Waals surface area contributed by atoms with Crippen LogP contribution in [0.1, 0.15) is 35.1 Å². The number of carbonyl (C=O) groups is 2. The normalized spacial score (nSPS) is 12.5. The number of rotatable bonds is 6. The topological polar surface area (TPSA) is 84.2 Å². The Hall–Kier alpha value is -1.89. The molecule has 114 valence electrons. The lowest BCUT2D eigenvalue weighted by molar-refractivity contribution is -0.137. The van der Waals surface area contributed by atoms with Gasteiger partial charge in [-0.3, -0.25) is 14.3 Å². The van der Waals surface area contributed by atoms with Crippen molar-refractivity contribution >= 4 is 33.4 Å². The molecule has 0 radical (unpaired) electrons. The molecule has 1 atom stereocenters. The summed E-state index contributed by atoms with van der Waals surface area (Å²) in [6, 6.07) is 1.86. The van der Waals surface area contributed by atoms with Gasteiger partial charge in [-0.05, 0) is 25.3 Å². The minimum Gasteiger partial charge on any atom is -0.481 e. The van der Waals surface area contributed by atoms with Gasteiger partial charge < -0.3 is 10.4 Å². The first-order valence-corrected chi connectivity index (χ1v) is 7.63. The molecule has 0 aliphatic rings. The lowest BCUT2D eigenvalue weighted by Gasteiger charge is -2.10. The fraction of sp³-hybridized carbons (Fsp3) is 0.500. The number of thiophene rings is 1. The van der Waals surface area contributed by atoms with E-state index in [1.54, 1.807) is 4.68 Å². The number of hydrogen-bond acceptors (Lipinski definition) is 4. The first kappa shape index (κ1) is 15.5. The first-order valence-electron chi connectivity index (χ1n) is 6.81. The van der Waals surface area contributed by atoms with E-state index in [-0.39, 0.29) is 18.2 Å². The molecule has 0 fully saturated rings.